The maximum absolute atomic E-state index is 12.6. The van der Waals surface area contributed by atoms with Crippen LogP contribution in [0.15, 0.2) is 23.6 Å². The molecule has 26 heavy (non-hydrogen) atoms. The Kier molecular flexibility index (Phi) is 5.56. The van der Waals surface area contributed by atoms with E-state index in [4.69, 9.17) is 5.11 Å². The van der Waals surface area contributed by atoms with Crippen LogP contribution in [0.3, 0.4) is 0 Å². The van der Waals surface area contributed by atoms with Crippen LogP contribution in [-0.2, 0) is 11.2 Å². The molecule has 0 atom stereocenters. The molecule has 6 nitrogen and oxygen atoms in total. The maximum Gasteiger partial charge on any atom is 0.410 e. The van der Waals surface area contributed by atoms with Crippen LogP contribution in [0.5, 0.6) is 0 Å². The second-order valence-electron chi connectivity index (χ2n) is 6.76. The molecule has 2 aromatic rings. The number of carboxylic acid groups (broad SMARTS) is 1. The van der Waals surface area contributed by atoms with Gasteiger partial charge in [-0.05, 0) is 37.8 Å². The molecule has 1 aliphatic heterocycles. The molecule has 3 rings (SSSR count). The van der Waals surface area contributed by atoms with Crippen LogP contribution in [0.4, 0.5) is 10.6 Å². The number of nitrogens with one attached hydrogen (secondary N) is 1. The Morgan fingerprint density at radius 1 is 1.31 bits per heavy atom. The molecule has 0 radical (unpaired) electrons. The van der Waals surface area contributed by atoms with Gasteiger partial charge in [-0.25, -0.2) is 9.78 Å². The maximum atomic E-state index is 12.6. The predicted molar refractivity (Wildman–Crippen MR) is 102 cm³/mol. The molecular weight excluding hydrogens is 350 g/mol. The molecule has 0 bridgehead atoms. The number of piperidine rings is 1. The van der Waals surface area contributed by atoms with Crippen LogP contribution < -0.4 is 5.32 Å². The number of carbonyl (C=O) groups excluding carboxylic acids is 1. The summed E-state index contributed by atoms with van der Waals surface area (Å²) in [5, 5.41) is 13.7. The zero-order valence-electron chi connectivity index (χ0n) is 15.0. The molecule has 2 heterocycles. The van der Waals surface area contributed by atoms with Gasteiger partial charge in [0.2, 0.25) is 5.91 Å². The zero-order chi connectivity index (χ0) is 18.7. The lowest BCUT2D eigenvalue weighted by atomic mass is 9.96. The van der Waals surface area contributed by atoms with Gasteiger partial charge in [0, 0.05) is 24.4 Å². The van der Waals surface area contributed by atoms with Crippen molar-refractivity contribution in [2.45, 2.75) is 39.0 Å². The van der Waals surface area contributed by atoms with E-state index in [-0.39, 0.29) is 11.8 Å². The van der Waals surface area contributed by atoms with Gasteiger partial charge in [-0.2, -0.15) is 0 Å². The van der Waals surface area contributed by atoms with E-state index in [1.54, 1.807) is 5.38 Å². The quantitative estimate of drug-likeness (QED) is 0.854. The summed E-state index contributed by atoms with van der Waals surface area (Å²) < 4.78 is 0. The van der Waals surface area contributed by atoms with Gasteiger partial charge in [-0.3, -0.25) is 10.1 Å². The number of aromatic nitrogens is 1. The standard InChI is InChI=1S/C19H23N3O3S/c1-12-3-4-13(2)15(9-12)10-17(23)22-7-5-14(6-8-22)18-20-16(11-26-18)21-19(24)25/h3-4,9,11,14,21H,5-8,10H2,1-2H3,(H,24,25). The van der Waals surface area contributed by atoms with Crippen LogP contribution in [-0.4, -0.2) is 40.1 Å². The highest BCUT2D eigenvalue weighted by Gasteiger charge is 2.26. The lowest BCUT2D eigenvalue weighted by Gasteiger charge is -2.31. The average molecular weight is 373 g/mol. The SMILES string of the molecule is Cc1ccc(C)c(CC(=O)N2CCC(c3nc(NC(=O)O)cs3)CC2)c1. The van der Waals surface area contributed by atoms with Gasteiger partial charge in [-0.1, -0.05) is 23.8 Å². The van der Waals surface area contributed by atoms with Crippen molar-refractivity contribution >= 4 is 29.2 Å². The van der Waals surface area contributed by atoms with E-state index < -0.39 is 6.09 Å². The second kappa shape index (κ2) is 7.86. The van der Waals surface area contributed by atoms with Crippen LogP contribution in [0.25, 0.3) is 0 Å². The Morgan fingerprint density at radius 2 is 2.04 bits per heavy atom. The van der Waals surface area contributed by atoms with Crippen molar-refractivity contribution in [2.75, 3.05) is 18.4 Å². The first-order valence-electron chi connectivity index (χ1n) is 8.71. The zero-order valence-corrected chi connectivity index (χ0v) is 15.8. The van der Waals surface area contributed by atoms with E-state index in [2.05, 4.69) is 28.5 Å². The lowest BCUT2D eigenvalue weighted by Crippen LogP contribution is -2.38. The Bertz CT molecular complexity index is 810. The lowest BCUT2D eigenvalue weighted by molar-refractivity contribution is -0.131. The third kappa shape index (κ3) is 4.40. The van der Waals surface area contributed by atoms with Crippen LogP contribution in [0.1, 0.15) is 40.5 Å². The number of carbonyl (C=O) groups is 2. The first-order valence-corrected chi connectivity index (χ1v) is 9.59. The van der Waals surface area contributed by atoms with Gasteiger partial charge in [0.25, 0.3) is 0 Å². The minimum atomic E-state index is -1.10. The molecule has 0 saturated carbocycles. The second-order valence-corrected chi connectivity index (χ2v) is 7.65. The Labute approximate surface area is 156 Å². The molecule has 1 fully saturated rings. The van der Waals surface area contributed by atoms with E-state index in [0.29, 0.717) is 12.2 Å². The Balaban J connectivity index is 1.56. The van der Waals surface area contributed by atoms with Crippen molar-refractivity contribution < 1.29 is 14.7 Å². The van der Waals surface area contributed by atoms with Crippen molar-refractivity contribution in [3.8, 4) is 0 Å². The fourth-order valence-electron chi connectivity index (χ4n) is 3.28. The summed E-state index contributed by atoms with van der Waals surface area (Å²) in [5.74, 6) is 0.838. The number of thiazole rings is 1. The van der Waals surface area contributed by atoms with Gasteiger partial charge in [-0.15, -0.1) is 11.3 Å². The Hall–Kier alpha value is -2.41. The van der Waals surface area contributed by atoms with Crippen LogP contribution in [0.2, 0.25) is 0 Å². The molecule has 0 unspecified atom stereocenters. The van der Waals surface area contributed by atoms with Crippen molar-refractivity contribution in [3.05, 3.63) is 45.3 Å². The number of amides is 2. The molecule has 1 saturated heterocycles. The molecule has 138 valence electrons. The van der Waals surface area contributed by atoms with Crippen molar-refractivity contribution in [1.82, 2.24) is 9.88 Å². The first kappa shape index (κ1) is 18.4. The summed E-state index contributed by atoms with van der Waals surface area (Å²) >= 11 is 1.47. The summed E-state index contributed by atoms with van der Waals surface area (Å²) in [6.07, 6.45) is 1.06. The normalized spacial score (nSPS) is 15.1. The molecule has 1 aromatic heterocycles. The summed E-state index contributed by atoms with van der Waals surface area (Å²) in [5.41, 5.74) is 3.42. The summed E-state index contributed by atoms with van der Waals surface area (Å²) in [4.78, 5) is 29.6. The van der Waals surface area contributed by atoms with Crippen molar-refractivity contribution in [1.29, 1.82) is 0 Å². The van der Waals surface area contributed by atoms with Crippen LogP contribution >= 0.6 is 11.3 Å². The molecule has 7 heteroatoms. The van der Waals surface area contributed by atoms with E-state index in [0.717, 1.165) is 42.1 Å². The number of aryl methyl sites for hydroxylation is 2. The third-order valence-corrected chi connectivity index (χ3v) is 5.81. The number of likely N-dealkylation sites (tertiary alicyclic amines) is 1. The van der Waals surface area contributed by atoms with Gasteiger partial charge in [0.15, 0.2) is 0 Å². The van der Waals surface area contributed by atoms with Crippen molar-refractivity contribution in [3.63, 3.8) is 0 Å². The number of nitrogens with zero attached hydrogens (tertiary/aromatic N) is 2. The number of hydrogen-bond acceptors (Lipinski definition) is 4. The van der Waals surface area contributed by atoms with Gasteiger partial charge in [0.05, 0.1) is 11.4 Å². The highest BCUT2D eigenvalue weighted by Crippen LogP contribution is 2.31. The number of rotatable bonds is 4. The highest BCUT2D eigenvalue weighted by atomic mass is 32.1. The van der Waals surface area contributed by atoms with Crippen LogP contribution in [0, 0.1) is 13.8 Å². The average Bonchev–Trinajstić information content (AvgIpc) is 3.06. The molecule has 0 aliphatic carbocycles. The number of hydrogen-bond donors (Lipinski definition) is 2. The number of benzene rings is 1. The molecule has 0 spiro atoms. The molecule has 2 amide bonds. The monoisotopic (exact) mass is 373 g/mol. The molecular formula is C19H23N3O3S. The predicted octanol–water partition coefficient (Wildman–Crippen LogP) is 3.80. The third-order valence-electron chi connectivity index (χ3n) is 4.80. The van der Waals surface area contributed by atoms with E-state index >= 15 is 0 Å². The molecule has 1 aliphatic rings. The minimum Gasteiger partial charge on any atom is -0.465 e. The minimum absolute atomic E-state index is 0.171. The highest BCUT2D eigenvalue weighted by molar-refractivity contribution is 7.10. The smallest absolute Gasteiger partial charge is 0.410 e. The van der Waals surface area contributed by atoms with Gasteiger partial charge in [0.1, 0.15) is 5.82 Å². The fraction of sp³-hybridized carbons (Fsp3) is 0.421. The van der Waals surface area contributed by atoms with Gasteiger partial charge < -0.3 is 10.0 Å². The fourth-order valence-corrected chi connectivity index (χ4v) is 4.21. The largest absolute Gasteiger partial charge is 0.465 e. The summed E-state index contributed by atoms with van der Waals surface area (Å²) in [6, 6.07) is 6.22. The van der Waals surface area contributed by atoms with E-state index in [1.807, 2.05) is 18.7 Å². The summed E-state index contributed by atoms with van der Waals surface area (Å²) in [7, 11) is 0. The van der Waals surface area contributed by atoms with Crippen molar-refractivity contribution in [2.24, 2.45) is 0 Å². The molecule has 2 N–H and O–H groups in total. The summed E-state index contributed by atoms with van der Waals surface area (Å²) in [6.45, 7) is 5.52. The first-order chi connectivity index (χ1) is 12.4. The topological polar surface area (TPSA) is 82.5 Å². The van der Waals surface area contributed by atoms with Gasteiger partial charge >= 0.3 is 6.09 Å². The Morgan fingerprint density at radius 3 is 2.73 bits per heavy atom. The van der Waals surface area contributed by atoms with E-state index in [1.165, 1.54) is 16.9 Å². The molecule has 1 aromatic carbocycles. The van der Waals surface area contributed by atoms with E-state index in [9.17, 15) is 9.59 Å². The number of anilines is 1.